The third kappa shape index (κ3) is 3.87. The van der Waals surface area contributed by atoms with Gasteiger partial charge in [0.15, 0.2) is 5.52 Å². The first-order chi connectivity index (χ1) is 14.0. The van der Waals surface area contributed by atoms with Gasteiger partial charge < -0.3 is 9.73 Å². The summed E-state index contributed by atoms with van der Waals surface area (Å²) in [5, 5.41) is 4.22. The number of hydrogen-bond donors (Lipinski definition) is 1. The molecule has 0 fully saturated rings. The van der Waals surface area contributed by atoms with Crippen LogP contribution in [0.3, 0.4) is 0 Å². The Morgan fingerprint density at radius 1 is 1.17 bits per heavy atom. The number of halogens is 1. The van der Waals surface area contributed by atoms with Crippen molar-refractivity contribution in [2.24, 2.45) is 0 Å². The summed E-state index contributed by atoms with van der Waals surface area (Å²) in [5.41, 5.74) is -0.207. The van der Waals surface area contributed by atoms with E-state index < -0.39 is 23.0 Å². The van der Waals surface area contributed by atoms with Crippen molar-refractivity contribution in [1.82, 2.24) is 18.8 Å². The Morgan fingerprint density at radius 2 is 1.97 bits per heavy atom. The van der Waals surface area contributed by atoms with Crippen molar-refractivity contribution in [3.63, 3.8) is 0 Å². The number of carbonyl (C=O) groups excluding carboxylic acids is 1. The van der Waals surface area contributed by atoms with Crippen LogP contribution in [0, 0.1) is 5.82 Å². The van der Waals surface area contributed by atoms with E-state index in [9.17, 15) is 18.8 Å². The molecule has 0 bridgehead atoms. The zero-order valence-corrected chi connectivity index (χ0v) is 15.8. The number of aromatic nitrogens is 3. The fraction of sp³-hybridized carbons (Fsp3) is 0.158. The minimum absolute atomic E-state index is 0.0561. The van der Waals surface area contributed by atoms with Gasteiger partial charge in [0.05, 0.1) is 24.9 Å². The standard InChI is InChI=1S/C19H15FN4O4S/c20-13-5-3-12(4-6-13)9-24-18(26)17-15(11-29-22-17)23(19(24)27)10-16(25)21-8-14-2-1-7-28-14/h1-7,11H,8-10H2,(H,21,25). The molecule has 1 aromatic carbocycles. The highest BCUT2D eigenvalue weighted by Crippen LogP contribution is 2.11. The molecule has 0 saturated carbocycles. The van der Waals surface area contributed by atoms with Crippen molar-refractivity contribution in [3.05, 3.63) is 86.0 Å². The molecule has 3 heterocycles. The number of rotatable bonds is 6. The highest BCUT2D eigenvalue weighted by atomic mass is 32.1. The minimum atomic E-state index is -0.639. The predicted octanol–water partition coefficient (Wildman–Crippen LogP) is 1.72. The second-order valence-corrected chi connectivity index (χ2v) is 6.92. The summed E-state index contributed by atoms with van der Waals surface area (Å²) in [6.07, 6.45) is 1.50. The highest BCUT2D eigenvalue weighted by molar-refractivity contribution is 7.04. The maximum Gasteiger partial charge on any atom is 0.332 e. The fourth-order valence-corrected chi connectivity index (χ4v) is 3.57. The second-order valence-electron chi connectivity index (χ2n) is 6.29. The lowest BCUT2D eigenvalue weighted by atomic mass is 10.2. The van der Waals surface area contributed by atoms with Crippen LogP contribution < -0.4 is 16.6 Å². The van der Waals surface area contributed by atoms with E-state index in [1.54, 1.807) is 17.5 Å². The molecule has 0 aliphatic heterocycles. The number of furan rings is 1. The van der Waals surface area contributed by atoms with Gasteiger partial charge in [-0.25, -0.2) is 9.18 Å². The molecule has 0 unspecified atom stereocenters. The van der Waals surface area contributed by atoms with E-state index in [0.717, 1.165) is 16.1 Å². The van der Waals surface area contributed by atoms with Crippen molar-refractivity contribution in [2.75, 3.05) is 0 Å². The summed E-state index contributed by atoms with van der Waals surface area (Å²) in [5.74, 6) is -0.251. The Morgan fingerprint density at radius 3 is 2.69 bits per heavy atom. The van der Waals surface area contributed by atoms with Crippen LogP contribution in [0.25, 0.3) is 11.0 Å². The number of benzene rings is 1. The Labute approximate surface area is 167 Å². The third-order valence-electron chi connectivity index (χ3n) is 4.35. The largest absolute Gasteiger partial charge is 0.467 e. The Bertz CT molecular complexity index is 1270. The SMILES string of the molecule is O=C(Cn1c(=O)n(Cc2ccc(F)cc2)c(=O)c2nscc21)NCc1ccco1. The van der Waals surface area contributed by atoms with Crippen molar-refractivity contribution in [3.8, 4) is 0 Å². The zero-order valence-electron chi connectivity index (χ0n) is 15.0. The lowest BCUT2D eigenvalue weighted by molar-refractivity contribution is -0.121. The van der Waals surface area contributed by atoms with Gasteiger partial charge in [0.1, 0.15) is 18.1 Å². The van der Waals surface area contributed by atoms with Crippen molar-refractivity contribution >= 4 is 28.5 Å². The maximum absolute atomic E-state index is 13.1. The Kier molecular flexibility index (Phi) is 5.09. The van der Waals surface area contributed by atoms with Crippen LogP contribution in [0.1, 0.15) is 11.3 Å². The van der Waals surface area contributed by atoms with E-state index in [4.69, 9.17) is 4.42 Å². The molecule has 0 radical (unpaired) electrons. The molecule has 0 saturated heterocycles. The molecule has 0 spiro atoms. The molecular formula is C19H15FN4O4S. The smallest absolute Gasteiger partial charge is 0.332 e. The quantitative estimate of drug-likeness (QED) is 0.518. The van der Waals surface area contributed by atoms with Crippen LogP contribution in [0.4, 0.5) is 4.39 Å². The van der Waals surface area contributed by atoms with Crippen LogP contribution in [-0.2, 0) is 24.4 Å². The van der Waals surface area contributed by atoms with Gasteiger partial charge in [0.25, 0.3) is 5.56 Å². The average molecular weight is 414 g/mol. The monoisotopic (exact) mass is 414 g/mol. The summed E-state index contributed by atoms with van der Waals surface area (Å²) < 4.78 is 24.6. The van der Waals surface area contributed by atoms with Gasteiger partial charge in [0, 0.05) is 5.38 Å². The molecule has 148 valence electrons. The number of amides is 1. The van der Waals surface area contributed by atoms with Gasteiger partial charge in [-0.2, -0.15) is 4.37 Å². The number of fused-ring (bicyclic) bond motifs is 1. The normalized spacial score (nSPS) is 11.1. The zero-order chi connectivity index (χ0) is 20.4. The van der Waals surface area contributed by atoms with Gasteiger partial charge in [-0.15, -0.1) is 0 Å². The third-order valence-corrected chi connectivity index (χ3v) is 4.96. The average Bonchev–Trinajstić information content (AvgIpc) is 3.40. The summed E-state index contributed by atoms with van der Waals surface area (Å²) in [6, 6.07) is 8.92. The van der Waals surface area contributed by atoms with E-state index in [-0.39, 0.29) is 25.2 Å². The molecule has 0 aliphatic carbocycles. The Balaban J connectivity index is 1.66. The molecule has 10 heteroatoms. The lowest BCUT2D eigenvalue weighted by Crippen LogP contribution is -2.42. The number of nitrogens with zero attached hydrogens (tertiary/aromatic N) is 3. The molecule has 4 rings (SSSR count). The van der Waals surface area contributed by atoms with Crippen LogP contribution in [-0.4, -0.2) is 19.4 Å². The van der Waals surface area contributed by atoms with Gasteiger partial charge in [-0.3, -0.25) is 18.7 Å². The number of hydrogen-bond acceptors (Lipinski definition) is 6. The molecule has 0 atom stereocenters. The predicted molar refractivity (Wildman–Crippen MR) is 104 cm³/mol. The molecule has 3 aromatic heterocycles. The molecule has 1 amide bonds. The first kappa shape index (κ1) is 18.8. The second kappa shape index (κ2) is 7.84. The van der Waals surface area contributed by atoms with Crippen LogP contribution in [0.15, 0.2) is 62.0 Å². The van der Waals surface area contributed by atoms with Crippen molar-refractivity contribution < 1.29 is 13.6 Å². The lowest BCUT2D eigenvalue weighted by Gasteiger charge is -2.12. The highest BCUT2D eigenvalue weighted by Gasteiger charge is 2.17. The van der Waals surface area contributed by atoms with E-state index in [1.807, 2.05) is 0 Å². The van der Waals surface area contributed by atoms with Crippen molar-refractivity contribution in [1.29, 1.82) is 0 Å². The number of nitrogens with one attached hydrogen (secondary N) is 1. The molecule has 29 heavy (non-hydrogen) atoms. The van der Waals surface area contributed by atoms with Gasteiger partial charge in [0.2, 0.25) is 5.91 Å². The maximum atomic E-state index is 13.1. The van der Waals surface area contributed by atoms with Gasteiger partial charge in [-0.05, 0) is 41.4 Å². The van der Waals surface area contributed by atoms with E-state index in [2.05, 4.69) is 9.69 Å². The molecule has 4 aromatic rings. The summed E-state index contributed by atoms with van der Waals surface area (Å²) in [6.45, 7) is -0.154. The molecule has 0 aliphatic rings. The van der Waals surface area contributed by atoms with Gasteiger partial charge >= 0.3 is 5.69 Å². The van der Waals surface area contributed by atoms with Gasteiger partial charge in [-0.1, -0.05) is 12.1 Å². The van der Waals surface area contributed by atoms with E-state index in [0.29, 0.717) is 16.8 Å². The summed E-state index contributed by atoms with van der Waals surface area (Å²) in [7, 11) is 0. The van der Waals surface area contributed by atoms with E-state index in [1.165, 1.54) is 35.1 Å². The molecular weight excluding hydrogens is 399 g/mol. The Hall–Kier alpha value is -3.53. The number of carbonyl (C=O) groups is 1. The summed E-state index contributed by atoms with van der Waals surface area (Å²) in [4.78, 5) is 38.0. The first-order valence-electron chi connectivity index (χ1n) is 8.64. The van der Waals surface area contributed by atoms with Crippen LogP contribution in [0.2, 0.25) is 0 Å². The summed E-state index contributed by atoms with van der Waals surface area (Å²) >= 11 is 1.03. The van der Waals surface area contributed by atoms with Crippen LogP contribution >= 0.6 is 11.5 Å². The fourth-order valence-electron chi connectivity index (χ4n) is 2.90. The van der Waals surface area contributed by atoms with Crippen LogP contribution in [0.5, 0.6) is 0 Å². The van der Waals surface area contributed by atoms with Crippen molar-refractivity contribution in [2.45, 2.75) is 19.6 Å². The molecule has 1 N–H and O–H groups in total. The minimum Gasteiger partial charge on any atom is -0.467 e. The molecule has 8 nitrogen and oxygen atoms in total. The topological polar surface area (TPSA) is 99.1 Å². The first-order valence-corrected chi connectivity index (χ1v) is 9.48. The van der Waals surface area contributed by atoms with E-state index >= 15 is 0 Å².